The third-order valence-corrected chi connectivity index (χ3v) is 5.51. The molecule has 7 nitrogen and oxygen atoms in total. The zero-order valence-corrected chi connectivity index (χ0v) is 14.8. The summed E-state index contributed by atoms with van der Waals surface area (Å²) >= 11 is 0. The number of phenolic OH excluding ortho intramolecular Hbond substituents is 1. The van der Waals surface area contributed by atoms with Crippen LogP contribution in [-0.4, -0.2) is 49.3 Å². The van der Waals surface area contributed by atoms with E-state index in [0.29, 0.717) is 60.4 Å². The molecule has 2 fully saturated rings. The molecule has 7 heteroatoms. The highest BCUT2D eigenvalue weighted by molar-refractivity contribution is 5.87. The van der Waals surface area contributed by atoms with Gasteiger partial charge >= 0.3 is 5.63 Å². The standard InChI is InChI=1S/C19H21NO6/c1-10-13-3-17(24-2)15(21)5-16(13)26-19(23)14(10)4-18(22)20-6-11-8-25-9-12(11)7-20/h3,5,11-12,21H,4,6-9H2,1-2H3/t11-,12+. The van der Waals surface area contributed by atoms with Crippen molar-refractivity contribution in [3.05, 3.63) is 33.7 Å². The monoisotopic (exact) mass is 359 g/mol. The molecule has 1 aromatic heterocycles. The molecule has 0 saturated carbocycles. The van der Waals surface area contributed by atoms with Gasteiger partial charge in [0, 0.05) is 36.4 Å². The maximum absolute atomic E-state index is 12.7. The lowest BCUT2D eigenvalue weighted by molar-refractivity contribution is -0.130. The number of aryl methyl sites for hydroxylation is 1. The van der Waals surface area contributed by atoms with Crippen LogP contribution in [0.2, 0.25) is 0 Å². The minimum Gasteiger partial charge on any atom is -0.504 e. The van der Waals surface area contributed by atoms with E-state index in [0.717, 1.165) is 0 Å². The van der Waals surface area contributed by atoms with Crippen LogP contribution in [0.4, 0.5) is 0 Å². The van der Waals surface area contributed by atoms with E-state index in [1.807, 2.05) is 4.90 Å². The molecule has 2 aromatic rings. The molecule has 4 rings (SSSR count). The first-order valence-corrected chi connectivity index (χ1v) is 8.66. The lowest BCUT2D eigenvalue weighted by Crippen LogP contribution is -2.33. The van der Waals surface area contributed by atoms with Gasteiger partial charge in [0.05, 0.1) is 32.3 Å². The molecule has 0 bridgehead atoms. The second-order valence-electron chi connectivity index (χ2n) is 7.05. The molecule has 1 amide bonds. The second kappa shape index (κ2) is 6.32. The molecule has 0 radical (unpaired) electrons. The molecular formula is C19H21NO6. The highest BCUT2D eigenvalue weighted by atomic mass is 16.5. The molecule has 2 saturated heterocycles. The fraction of sp³-hybridized carbons (Fsp3) is 0.474. The number of ether oxygens (including phenoxy) is 2. The molecule has 2 aliphatic heterocycles. The lowest BCUT2D eigenvalue weighted by atomic mass is 10.0. The van der Waals surface area contributed by atoms with Gasteiger partial charge in [-0.05, 0) is 18.6 Å². The van der Waals surface area contributed by atoms with Crippen LogP contribution in [0.1, 0.15) is 11.1 Å². The Hall–Kier alpha value is -2.54. The number of fused-ring (bicyclic) bond motifs is 2. The van der Waals surface area contributed by atoms with Crippen LogP contribution in [0.3, 0.4) is 0 Å². The largest absolute Gasteiger partial charge is 0.504 e. The lowest BCUT2D eigenvalue weighted by Gasteiger charge is -2.18. The quantitative estimate of drug-likeness (QED) is 0.835. The fourth-order valence-electron chi connectivity index (χ4n) is 3.93. The molecule has 3 heterocycles. The third kappa shape index (κ3) is 2.72. The van der Waals surface area contributed by atoms with E-state index in [1.54, 1.807) is 13.0 Å². The first kappa shape index (κ1) is 16.9. The Bertz CT molecular complexity index is 922. The van der Waals surface area contributed by atoms with E-state index < -0.39 is 5.63 Å². The zero-order valence-electron chi connectivity index (χ0n) is 14.8. The van der Waals surface area contributed by atoms with Crippen LogP contribution in [0.25, 0.3) is 11.0 Å². The van der Waals surface area contributed by atoms with E-state index in [4.69, 9.17) is 13.9 Å². The molecule has 2 aliphatic rings. The number of nitrogens with zero attached hydrogens (tertiary/aromatic N) is 1. The van der Waals surface area contributed by atoms with Gasteiger partial charge in [-0.25, -0.2) is 4.79 Å². The van der Waals surface area contributed by atoms with Crippen molar-refractivity contribution in [1.29, 1.82) is 0 Å². The molecular weight excluding hydrogens is 338 g/mol. The summed E-state index contributed by atoms with van der Waals surface area (Å²) in [4.78, 5) is 26.9. The third-order valence-electron chi connectivity index (χ3n) is 5.51. The molecule has 1 N–H and O–H groups in total. The predicted molar refractivity (Wildman–Crippen MR) is 93.5 cm³/mol. The Kier molecular flexibility index (Phi) is 4.11. The Morgan fingerprint density at radius 3 is 2.65 bits per heavy atom. The number of aromatic hydroxyl groups is 1. The summed E-state index contributed by atoms with van der Waals surface area (Å²) in [5.41, 5.74) is 0.750. The molecule has 0 spiro atoms. The van der Waals surface area contributed by atoms with Gasteiger partial charge in [0.25, 0.3) is 0 Å². The first-order valence-electron chi connectivity index (χ1n) is 8.66. The van der Waals surface area contributed by atoms with Crippen molar-refractivity contribution in [1.82, 2.24) is 4.90 Å². The fourth-order valence-corrected chi connectivity index (χ4v) is 3.93. The van der Waals surface area contributed by atoms with E-state index in [2.05, 4.69) is 0 Å². The van der Waals surface area contributed by atoms with Crippen LogP contribution >= 0.6 is 0 Å². The number of methoxy groups -OCH3 is 1. The molecule has 2 atom stereocenters. The minimum absolute atomic E-state index is 0.00754. The van der Waals surface area contributed by atoms with Gasteiger partial charge in [0.1, 0.15) is 5.58 Å². The van der Waals surface area contributed by atoms with E-state index in [1.165, 1.54) is 13.2 Å². The van der Waals surface area contributed by atoms with Crippen molar-refractivity contribution in [2.45, 2.75) is 13.3 Å². The number of rotatable bonds is 3. The predicted octanol–water partition coefficient (Wildman–Crippen LogP) is 1.46. The average molecular weight is 359 g/mol. The summed E-state index contributed by atoms with van der Waals surface area (Å²) in [5.74, 6) is 0.928. The number of phenols is 1. The SMILES string of the molecule is COc1cc2c(C)c(CC(=O)N3C[C@H]4COC[C@H]4C3)c(=O)oc2cc1O. The van der Waals surface area contributed by atoms with Gasteiger partial charge in [0.2, 0.25) is 5.91 Å². The summed E-state index contributed by atoms with van der Waals surface area (Å²) in [6.45, 7) is 4.56. The summed E-state index contributed by atoms with van der Waals surface area (Å²) in [6, 6.07) is 2.98. The van der Waals surface area contributed by atoms with Crippen molar-refractivity contribution in [2.24, 2.45) is 11.8 Å². The number of amides is 1. The van der Waals surface area contributed by atoms with Gasteiger partial charge in [-0.2, -0.15) is 0 Å². The maximum atomic E-state index is 12.7. The first-order chi connectivity index (χ1) is 12.5. The Morgan fingerprint density at radius 2 is 2.00 bits per heavy atom. The van der Waals surface area contributed by atoms with Crippen molar-refractivity contribution >= 4 is 16.9 Å². The van der Waals surface area contributed by atoms with Crippen LogP contribution < -0.4 is 10.4 Å². The summed E-state index contributed by atoms with van der Waals surface area (Å²) in [6.07, 6.45) is 0.00754. The van der Waals surface area contributed by atoms with E-state index >= 15 is 0 Å². The normalized spacial score (nSPS) is 22.0. The van der Waals surface area contributed by atoms with Crippen LogP contribution in [-0.2, 0) is 16.0 Å². The van der Waals surface area contributed by atoms with Gasteiger partial charge in [-0.1, -0.05) is 0 Å². The molecule has 26 heavy (non-hydrogen) atoms. The summed E-state index contributed by atoms with van der Waals surface area (Å²) < 4.78 is 15.9. The van der Waals surface area contributed by atoms with Crippen molar-refractivity contribution in [2.75, 3.05) is 33.4 Å². The average Bonchev–Trinajstić information content (AvgIpc) is 3.20. The molecule has 138 valence electrons. The van der Waals surface area contributed by atoms with Gasteiger partial charge < -0.3 is 23.9 Å². The van der Waals surface area contributed by atoms with Crippen molar-refractivity contribution < 1.29 is 23.8 Å². The Balaban J connectivity index is 1.64. The van der Waals surface area contributed by atoms with Crippen molar-refractivity contribution in [3.8, 4) is 11.5 Å². The molecule has 0 unspecified atom stereocenters. The number of likely N-dealkylation sites (tertiary alicyclic amines) is 1. The zero-order chi connectivity index (χ0) is 18.4. The van der Waals surface area contributed by atoms with Crippen LogP contribution in [0.5, 0.6) is 11.5 Å². The highest BCUT2D eigenvalue weighted by Crippen LogP contribution is 2.33. The number of benzene rings is 1. The topological polar surface area (TPSA) is 89.2 Å². The van der Waals surface area contributed by atoms with Crippen molar-refractivity contribution in [3.63, 3.8) is 0 Å². The minimum atomic E-state index is -0.546. The highest BCUT2D eigenvalue weighted by Gasteiger charge is 2.39. The molecule has 1 aromatic carbocycles. The summed E-state index contributed by atoms with van der Waals surface area (Å²) in [7, 11) is 1.45. The van der Waals surface area contributed by atoms with Gasteiger partial charge in [-0.15, -0.1) is 0 Å². The Labute approximate surface area is 150 Å². The van der Waals surface area contributed by atoms with Gasteiger partial charge in [0.15, 0.2) is 11.5 Å². The van der Waals surface area contributed by atoms with Gasteiger partial charge in [-0.3, -0.25) is 4.79 Å². The number of carbonyl (C=O) groups is 1. The van der Waals surface area contributed by atoms with E-state index in [9.17, 15) is 14.7 Å². The smallest absolute Gasteiger partial charge is 0.340 e. The van der Waals surface area contributed by atoms with Crippen LogP contribution in [0.15, 0.2) is 21.3 Å². The second-order valence-corrected chi connectivity index (χ2v) is 7.05. The number of hydrogen-bond acceptors (Lipinski definition) is 6. The van der Waals surface area contributed by atoms with E-state index in [-0.39, 0.29) is 23.7 Å². The number of hydrogen-bond donors (Lipinski definition) is 1. The molecule has 0 aliphatic carbocycles. The maximum Gasteiger partial charge on any atom is 0.340 e. The Morgan fingerprint density at radius 1 is 1.31 bits per heavy atom. The number of carbonyl (C=O) groups excluding carboxylic acids is 1. The summed E-state index contributed by atoms with van der Waals surface area (Å²) in [5, 5.41) is 10.5. The van der Waals surface area contributed by atoms with Crippen LogP contribution in [0, 0.1) is 18.8 Å².